The number of likely N-dealkylation sites (tertiary alicyclic amines) is 1. The van der Waals surface area contributed by atoms with E-state index in [0.717, 1.165) is 103 Å². The van der Waals surface area contributed by atoms with E-state index >= 15 is 0 Å². The Hall–Kier alpha value is -4.02. The van der Waals surface area contributed by atoms with Gasteiger partial charge in [0, 0.05) is 30.5 Å². The minimum absolute atomic E-state index is 0.00703. The van der Waals surface area contributed by atoms with Gasteiger partial charge in [-0.15, -0.1) is 0 Å². The van der Waals surface area contributed by atoms with Gasteiger partial charge in [-0.2, -0.15) is 0 Å². The van der Waals surface area contributed by atoms with E-state index in [4.69, 9.17) is 4.74 Å². The molecule has 0 bridgehead atoms. The fraction of sp³-hybridized carbons (Fsp3) is 0.500. The number of aromatic amines is 1. The standard InChI is InChI=1S/C44H57N3O6/c48-39-22-20-37(38-21-23-41(50)46-42(38)39)40(49)29-45-26-10-2-1-5-11-32-16-18-33(19-17-32)30-47-27-24-34(25-28-47)31-53-43(51)44(52,35-12-6-3-7-13-35)36-14-8-4-9-15-36/h3,6-7,12-13,16-23,34,36,40,45,48-49,52H,1-2,4-5,8-11,14-15,24-31H2,(H,46,50). The lowest BCUT2D eigenvalue weighted by atomic mass is 9.73. The summed E-state index contributed by atoms with van der Waals surface area (Å²) in [5.74, 6) is -0.276. The van der Waals surface area contributed by atoms with Gasteiger partial charge in [-0.25, -0.2) is 4.79 Å². The summed E-state index contributed by atoms with van der Waals surface area (Å²) in [5, 5.41) is 36.6. The molecule has 2 atom stereocenters. The zero-order valence-corrected chi connectivity index (χ0v) is 31.0. The number of unbranched alkanes of at least 4 members (excludes halogenated alkanes) is 3. The van der Waals surface area contributed by atoms with Gasteiger partial charge >= 0.3 is 5.97 Å². The maximum absolute atomic E-state index is 13.5. The van der Waals surface area contributed by atoms with E-state index in [2.05, 4.69) is 39.5 Å². The quantitative estimate of drug-likeness (QED) is 0.0588. The largest absolute Gasteiger partial charge is 0.506 e. The van der Waals surface area contributed by atoms with E-state index in [1.54, 1.807) is 12.1 Å². The number of aromatic nitrogens is 1. The van der Waals surface area contributed by atoms with E-state index in [1.807, 2.05) is 30.3 Å². The average molecular weight is 724 g/mol. The van der Waals surface area contributed by atoms with Gasteiger partial charge in [0.2, 0.25) is 5.56 Å². The highest BCUT2D eigenvalue weighted by atomic mass is 16.5. The number of hydrogen-bond donors (Lipinski definition) is 5. The average Bonchev–Trinajstić information content (AvgIpc) is 3.19. The Morgan fingerprint density at radius 2 is 1.58 bits per heavy atom. The summed E-state index contributed by atoms with van der Waals surface area (Å²) in [6.45, 7) is 4.45. The molecule has 3 aromatic carbocycles. The number of piperidine rings is 1. The highest BCUT2D eigenvalue weighted by Crippen LogP contribution is 2.40. The van der Waals surface area contributed by atoms with Crippen molar-refractivity contribution in [2.45, 2.75) is 95.3 Å². The number of hydrogen-bond acceptors (Lipinski definition) is 8. The van der Waals surface area contributed by atoms with Crippen molar-refractivity contribution in [1.82, 2.24) is 15.2 Å². The lowest BCUT2D eigenvalue weighted by Crippen LogP contribution is -2.46. The maximum Gasteiger partial charge on any atom is 0.343 e. The van der Waals surface area contributed by atoms with Crippen LogP contribution < -0.4 is 10.9 Å². The van der Waals surface area contributed by atoms with Crippen LogP contribution in [0.25, 0.3) is 10.9 Å². The predicted octanol–water partition coefficient (Wildman–Crippen LogP) is 6.88. The van der Waals surface area contributed by atoms with Gasteiger partial charge in [0.15, 0.2) is 5.60 Å². The highest BCUT2D eigenvalue weighted by molar-refractivity contribution is 5.87. The number of fused-ring (bicyclic) bond motifs is 1. The Morgan fingerprint density at radius 1 is 0.868 bits per heavy atom. The summed E-state index contributed by atoms with van der Waals surface area (Å²) in [6, 6.07) is 24.7. The van der Waals surface area contributed by atoms with Crippen LogP contribution in [0.5, 0.6) is 5.75 Å². The Balaban J connectivity index is 0.843. The van der Waals surface area contributed by atoms with Gasteiger partial charge in [-0.05, 0) is 105 Å². The SMILES string of the molecule is O=C(OCC1CCN(Cc2ccc(CCCCCCNCC(O)c3ccc(O)c4[nH]c(=O)ccc34)cc2)CC1)C(O)(c1ccccc1)C1CCCCC1. The fourth-order valence-electron chi connectivity index (χ4n) is 8.25. The summed E-state index contributed by atoms with van der Waals surface area (Å²) in [4.78, 5) is 30.3. The maximum atomic E-state index is 13.5. The number of H-pyrrole nitrogens is 1. The normalized spacial score (nSPS) is 17.8. The molecule has 1 aliphatic heterocycles. The van der Waals surface area contributed by atoms with Crippen LogP contribution in [0.4, 0.5) is 0 Å². The van der Waals surface area contributed by atoms with Crippen LogP contribution >= 0.6 is 0 Å². The van der Waals surface area contributed by atoms with Gasteiger partial charge in [-0.3, -0.25) is 9.69 Å². The van der Waals surface area contributed by atoms with Crippen LogP contribution in [0.2, 0.25) is 0 Å². The van der Waals surface area contributed by atoms with Gasteiger partial charge < -0.3 is 30.4 Å². The molecule has 53 heavy (non-hydrogen) atoms. The van der Waals surface area contributed by atoms with E-state index in [1.165, 1.54) is 23.3 Å². The zero-order valence-electron chi connectivity index (χ0n) is 31.0. The van der Waals surface area contributed by atoms with Crippen molar-refractivity contribution < 1.29 is 24.9 Å². The summed E-state index contributed by atoms with van der Waals surface area (Å²) >= 11 is 0. The third-order valence-electron chi connectivity index (χ3n) is 11.5. The van der Waals surface area contributed by atoms with E-state index in [-0.39, 0.29) is 17.2 Å². The Kier molecular flexibility index (Phi) is 13.8. The van der Waals surface area contributed by atoms with Gasteiger partial charge in [0.25, 0.3) is 0 Å². The first-order valence-electron chi connectivity index (χ1n) is 19.8. The monoisotopic (exact) mass is 723 g/mol. The van der Waals surface area contributed by atoms with Crippen molar-refractivity contribution in [3.8, 4) is 5.75 Å². The van der Waals surface area contributed by atoms with Crippen molar-refractivity contribution in [2.75, 3.05) is 32.8 Å². The number of esters is 1. The number of phenolic OH excluding ortho intramolecular Hbond substituents is 1. The number of aliphatic hydroxyl groups excluding tert-OH is 1. The van der Waals surface area contributed by atoms with Crippen molar-refractivity contribution in [2.24, 2.45) is 11.8 Å². The highest BCUT2D eigenvalue weighted by Gasteiger charge is 2.47. The number of aliphatic hydroxyl groups is 2. The minimum atomic E-state index is -1.57. The molecule has 2 aliphatic rings. The number of pyridine rings is 1. The number of phenols is 1. The molecule has 9 nitrogen and oxygen atoms in total. The molecule has 2 fully saturated rings. The number of aryl methyl sites for hydroxylation is 1. The molecular weight excluding hydrogens is 666 g/mol. The van der Waals surface area contributed by atoms with Crippen molar-refractivity contribution in [1.29, 1.82) is 0 Å². The third kappa shape index (κ3) is 10.1. The molecule has 9 heteroatoms. The fourth-order valence-corrected chi connectivity index (χ4v) is 8.25. The van der Waals surface area contributed by atoms with Crippen LogP contribution in [0, 0.1) is 11.8 Å². The van der Waals surface area contributed by atoms with Crippen LogP contribution in [0.15, 0.2) is 83.7 Å². The van der Waals surface area contributed by atoms with Crippen LogP contribution in [-0.4, -0.2) is 64.0 Å². The number of benzene rings is 3. The van der Waals surface area contributed by atoms with Crippen molar-refractivity contribution in [3.05, 3.63) is 111 Å². The first-order valence-corrected chi connectivity index (χ1v) is 19.8. The second-order valence-electron chi connectivity index (χ2n) is 15.3. The molecule has 1 aromatic heterocycles. The number of carbonyl (C=O) groups is 1. The predicted molar refractivity (Wildman–Crippen MR) is 209 cm³/mol. The summed E-state index contributed by atoms with van der Waals surface area (Å²) in [7, 11) is 0. The number of ether oxygens (including phenoxy) is 1. The molecule has 1 saturated carbocycles. The van der Waals surface area contributed by atoms with Crippen molar-refractivity contribution in [3.63, 3.8) is 0 Å². The second-order valence-corrected chi connectivity index (χ2v) is 15.3. The lowest BCUT2D eigenvalue weighted by molar-refractivity contribution is -0.177. The van der Waals surface area contributed by atoms with E-state index < -0.39 is 17.7 Å². The van der Waals surface area contributed by atoms with Gasteiger partial charge in [0.05, 0.1) is 18.2 Å². The third-order valence-corrected chi connectivity index (χ3v) is 11.5. The van der Waals surface area contributed by atoms with Crippen LogP contribution in [-0.2, 0) is 28.1 Å². The van der Waals surface area contributed by atoms with Crippen LogP contribution in [0.3, 0.4) is 0 Å². The molecular formula is C44H57N3O6. The Morgan fingerprint density at radius 3 is 2.34 bits per heavy atom. The smallest absolute Gasteiger partial charge is 0.343 e. The molecule has 2 unspecified atom stereocenters. The molecule has 5 N–H and O–H groups in total. The van der Waals surface area contributed by atoms with Gasteiger partial charge in [-0.1, -0.05) is 92.8 Å². The second kappa shape index (κ2) is 18.8. The Bertz CT molecular complexity index is 1800. The molecule has 1 aliphatic carbocycles. The molecule has 6 rings (SSSR count). The molecule has 0 spiro atoms. The molecule has 0 radical (unpaired) electrons. The molecule has 0 amide bonds. The molecule has 2 heterocycles. The molecule has 4 aromatic rings. The van der Waals surface area contributed by atoms with Crippen LogP contribution in [0.1, 0.15) is 99.0 Å². The topological polar surface area (TPSA) is 135 Å². The number of rotatable bonds is 17. The van der Waals surface area contributed by atoms with Gasteiger partial charge in [0.1, 0.15) is 5.75 Å². The number of nitrogens with one attached hydrogen (secondary N) is 2. The van der Waals surface area contributed by atoms with E-state index in [0.29, 0.717) is 41.1 Å². The first-order chi connectivity index (χ1) is 25.8. The molecule has 284 valence electrons. The lowest BCUT2D eigenvalue weighted by Gasteiger charge is -2.37. The summed E-state index contributed by atoms with van der Waals surface area (Å²) < 4.78 is 5.89. The Labute approximate surface area is 313 Å². The van der Waals surface area contributed by atoms with Crippen molar-refractivity contribution >= 4 is 16.9 Å². The number of aromatic hydroxyl groups is 1. The summed E-state index contributed by atoms with van der Waals surface area (Å²) in [6.07, 6.45) is 11.7. The molecule has 1 saturated heterocycles. The number of carbonyl (C=O) groups excluding carboxylic acids is 1. The first kappa shape index (κ1) is 38.7. The zero-order chi connectivity index (χ0) is 37.0. The van der Waals surface area contributed by atoms with E-state index in [9.17, 15) is 24.9 Å². The summed E-state index contributed by atoms with van der Waals surface area (Å²) in [5.41, 5.74) is 2.50. The number of nitrogens with zero attached hydrogens (tertiary/aromatic N) is 1. The minimum Gasteiger partial charge on any atom is -0.506 e.